The number of carboxylic acids is 1. The van der Waals surface area contributed by atoms with Crippen molar-refractivity contribution in [2.24, 2.45) is 0 Å². The number of nitrogens with one attached hydrogen (secondary N) is 1. The summed E-state index contributed by atoms with van der Waals surface area (Å²) in [6.07, 6.45) is -0.375. The minimum atomic E-state index is -1.23. The van der Waals surface area contributed by atoms with Crippen molar-refractivity contribution in [2.45, 2.75) is 19.3 Å². The van der Waals surface area contributed by atoms with Crippen molar-refractivity contribution in [3.05, 3.63) is 71.1 Å². The Balaban J connectivity index is 1.48. The van der Waals surface area contributed by atoms with Crippen LogP contribution < -0.4 is 5.32 Å². The molecule has 0 radical (unpaired) electrons. The van der Waals surface area contributed by atoms with Gasteiger partial charge in [0, 0.05) is 5.92 Å². The number of hydrogen-bond acceptors (Lipinski definition) is 5. The molecule has 0 bridgehead atoms. The number of benzene rings is 2. The van der Waals surface area contributed by atoms with E-state index in [0.29, 0.717) is 6.42 Å². The molecule has 1 heterocycles. The second-order valence-corrected chi connectivity index (χ2v) is 6.40. The smallest absolute Gasteiger partial charge is 0.415 e. The van der Waals surface area contributed by atoms with Crippen LogP contribution in [-0.4, -0.2) is 28.8 Å². The summed E-state index contributed by atoms with van der Waals surface area (Å²) in [5.74, 6) is -1.58. The van der Waals surface area contributed by atoms with Gasteiger partial charge in [-0.3, -0.25) is 0 Å². The lowest BCUT2D eigenvalue weighted by atomic mass is 9.98. The van der Waals surface area contributed by atoms with Crippen LogP contribution in [0.25, 0.3) is 11.1 Å². The number of carbonyl (C=O) groups excluding carboxylic acids is 1. The second-order valence-electron chi connectivity index (χ2n) is 6.40. The van der Waals surface area contributed by atoms with Gasteiger partial charge in [0.2, 0.25) is 5.76 Å². The monoisotopic (exact) mass is 378 g/mol. The summed E-state index contributed by atoms with van der Waals surface area (Å²) >= 11 is 0. The summed E-state index contributed by atoms with van der Waals surface area (Å²) < 4.78 is 10.5. The summed E-state index contributed by atoms with van der Waals surface area (Å²) in [6.45, 7) is 1.90. The van der Waals surface area contributed by atoms with Gasteiger partial charge in [-0.25, -0.2) is 14.9 Å². The molecule has 1 aromatic heterocycles. The van der Waals surface area contributed by atoms with Gasteiger partial charge < -0.3 is 14.3 Å². The molecule has 0 atom stereocenters. The molecule has 142 valence electrons. The Labute approximate surface area is 161 Å². The molecule has 7 heteroatoms. The Bertz CT molecular complexity index is 1010. The third kappa shape index (κ3) is 3.11. The Morgan fingerprint density at radius 3 is 2.25 bits per heavy atom. The molecular formula is C21H18N2O5. The molecule has 0 saturated carbocycles. The van der Waals surface area contributed by atoms with Gasteiger partial charge in [-0.15, -0.1) is 0 Å². The van der Waals surface area contributed by atoms with Crippen LogP contribution in [0.4, 0.5) is 10.8 Å². The van der Waals surface area contributed by atoms with E-state index in [1.165, 1.54) is 0 Å². The van der Waals surface area contributed by atoms with Crippen LogP contribution in [0.3, 0.4) is 0 Å². The van der Waals surface area contributed by atoms with Gasteiger partial charge in [0.25, 0.3) is 0 Å². The van der Waals surface area contributed by atoms with Gasteiger partial charge in [0.15, 0.2) is 0 Å². The molecule has 1 aliphatic carbocycles. The fourth-order valence-corrected chi connectivity index (χ4v) is 3.53. The summed E-state index contributed by atoms with van der Waals surface area (Å²) in [6, 6.07) is 15.9. The molecular weight excluding hydrogens is 360 g/mol. The fraction of sp³-hybridized carbons (Fsp3) is 0.190. The highest BCUT2D eigenvalue weighted by atomic mass is 16.6. The second kappa shape index (κ2) is 7.19. The highest BCUT2D eigenvalue weighted by molar-refractivity contribution is 5.87. The van der Waals surface area contributed by atoms with Crippen molar-refractivity contribution in [1.82, 2.24) is 4.98 Å². The van der Waals surface area contributed by atoms with Crippen molar-refractivity contribution >= 4 is 18.1 Å². The molecule has 0 aliphatic heterocycles. The summed E-state index contributed by atoms with van der Waals surface area (Å²) in [5.41, 5.74) is 4.75. The quantitative estimate of drug-likeness (QED) is 0.686. The average Bonchev–Trinajstić information content (AvgIpc) is 3.25. The zero-order chi connectivity index (χ0) is 19.7. The van der Waals surface area contributed by atoms with E-state index in [1.54, 1.807) is 6.92 Å². The first-order valence-corrected chi connectivity index (χ1v) is 8.93. The number of nitrogens with zero attached hydrogens (tertiary/aromatic N) is 1. The van der Waals surface area contributed by atoms with E-state index in [0.717, 1.165) is 22.3 Å². The first-order chi connectivity index (χ1) is 13.6. The predicted octanol–water partition coefficient (Wildman–Crippen LogP) is 4.30. The molecule has 0 spiro atoms. The number of aromatic carboxylic acids is 1. The van der Waals surface area contributed by atoms with E-state index in [9.17, 15) is 9.59 Å². The van der Waals surface area contributed by atoms with Crippen molar-refractivity contribution in [2.75, 3.05) is 11.9 Å². The SMILES string of the molecule is CCc1nc(NC(=O)OCC2c3ccccc3-c3ccccc32)oc1C(=O)O. The number of ether oxygens (including phenoxy) is 1. The van der Waals surface area contributed by atoms with Gasteiger partial charge in [-0.05, 0) is 28.7 Å². The number of aryl methyl sites for hydroxylation is 1. The van der Waals surface area contributed by atoms with Gasteiger partial charge in [0.1, 0.15) is 6.61 Å². The van der Waals surface area contributed by atoms with Crippen LogP contribution in [0.5, 0.6) is 0 Å². The highest BCUT2D eigenvalue weighted by Crippen LogP contribution is 2.44. The zero-order valence-electron chi connectivity index (χ0n) is 15.1. The number of carbonyl (C=O) groups is 2. The van der Waals surface area contributed by atoms with Crippen LogP contribution >= 0.6 is 0 Å². The van der Waals surface area contributed by atoms with Gasteiger partial charge in [0.05, 0.1) is 5.69 Å². The Morgan fingerprint density at radius 1 is 1.11 bits per heavy atom. The number of fused-ring (bicyclic) bond motifs is 3. The van der Waals surface area contributed by atoms with E-state index in [2.05, 4.69) is 22.4 Å². The van der Waals surface area contributed by atoms with Crippen molar-refractivity contribution in [1.29, 1.82) is 0 Å². The Hall–Kier alpha value is -3.61. The largest absolute Gasteiger partial charge is 0.475 e. The number of aromatic nitrogens is 1. The van der Waals surface area contributed by atoms with Crippen LogP contribution in [0.1, 0.15) is 40.2 Å². The number of amides is 1. The fourth-order valence-electron chi connectivity index (χ4n) is 3.53. The lowest BCUT2D eigenvalue weighted by Gasteiger charge is -2.13. The predicted molar refractivity (Wildman–Crippen MR) is 102 cm³/mol. The number of oxazole rings is 1. The van der Waals surface area contributed by atoms with Gasteiger partial charge in [-0.1, -0.05) is 55.5 Å². The van der Waals surface area contributed by atoms with Crippen molar-refractivity contribution < 1.29 is 23.8 Å². The molecule has 0 fully saturated rings. The van der Waals surface area contributed by atoms with E-state index in [-0.39, 0.29) is 30.0 Å². The molecule has 0 saturated heterocycles. The third-order valence-corrected chi connectivity index (χ3v) is 4.78. The molecule has 1 aliphatic rings. The number of anilines is 1. The van der Waals surface area contributed by atoms with E-state index in [1.807, 2.05) is 36.4 Å². The Morgan fingerprint density at radius 2 is 1.71 bits per heavy atom. The average molecular weight is 378 g/mol. The minimum absolute atomic E-state index is 0.0662. The van der Waals surface area contributed by atoms with Crippen molar-refractivity contribution in [3.63, 3.8) is 0 Å². The van der Waals surface area contributed by atoms with Crippen LogP contribution in [0.2, 0.25) is 0 Å². The molecule has 7 nitrogen and oxygen atoms in total. The number of carboxylic acid groups (broad SMARTS) is 1. The molecule has 1 amide bonds. The minimum Gasteiger partial charge on any atom is -0.475 e. The first-order valence-electron chi connectivity index (χ1n) is 8.93. The molecule has 28 heavy (non-hydrogen) atoms. The first kappa shape index (κ1) is 17.8. The molecule has 4 rings (SSSR count). The van der Waals surface area contributed by atoms with Crippen LogP contribution in [0.15, 0.2) is 52.9 Å². The molecule has 2 aromatic carbocycles. The van der Waals surface area contributed by atoms with Gasteiger partial charge in [-0.2, -0.15) is 4.98 Å². The molecule has 2 N–H and O–H groups in total. The zero-order valence-corrected chi connectivity index (χ0v) is 15.1. The maximum atomic E-state index is 12.2. The standard InChI is InChI=1S/C21H18N2O5/c1-2-17-18(19(24)25)28-20(22-17)23-21(26)27-11-16-14-9-5-3-7-12(14)13-8-4-6-10-15(13)16/h3-10,16H,2,11H2,1H3,(H,24,25)(H,22,23,26). The highest BCUT2D eigenvalue weighted by Gasteiger charge is 2.29. The summed E-state index contributed by atoms with van der Waals surface area (Å²) in [5, 5.41) is 11.5. The normalized spacial score (nSPS) is 12.3. The van der Waals surface area contributed by atoms with E-state index < -0.39 is 12.1 Å². The third-order valence-electron chi connectivity index (χ3n) is 4.78. The number of hydrogen-bond donors (Lipinski definition) is 2. The lowest BCUT2D eigenvalue weighted by Crippen LogP contribution is -2.18. The van der Waals surface area contributed by atoms with E-state index in [4.69, 9.17) is 14.3 Å². The van der Waals surface area contributed by atoms with Crippen molar-refractivity contribution in [3.8, 4) is 11.1 Å². The van der Waals surface area contributed by atoms with Crippen LogP contribution in [-0.2, 0) is 11.2 Å². The molecule has 3 aromatic rings. The van der Waals surface area contributed by atoms with Gasteiger partial charge >= 0.3 is 18.1 Å². The van der Waals surface area contributed by atoms with Crippen LogP contribution in [0, 0.1) is 0 Å². The topological polar surface area (TPSA) is 102 Å². The lowest BCUT2D eigenvalue weighted by molar-refractivity contribution is 0.0661. The van der Waals surface area contributed by atoms with E-state index >= 15 is 0 Å². The number of rotatable bonds is 5. The summed E-state index contributed by atoms with van der Waals surface area (Å²) in [7, 11) is 0. The molecule has 0 unspecified atom stereocenters. The maximum Gasteiger partial charge on any atom is 0.415 e. The Kier molecular flexibility index (Phi) is 4.57. The summed E-state index contributed by atoms with van der Waals surface area (Å²) in [4.78, 5) is 27.3. The maximum absolute atomic E-state index is 12.2.